The van der Waals surface area contributed by atoms with Gasteiger partial charge in [0, 0.05) is 18.0 Å². The number of benzene rings is 1. The van der Waals surface area contributed by atoms with Crippen LogP contribution in [0.1, 0.15) is 10.4 Å². The number of hydrogen-bond acceptors (Lipinski definition) is 3. The van der Waals surface area contributed by atoms with Crippen molar-refractivity contribution in [3.8, 4) is 0 Å². The van der Waals surface area contributed by atoms with Crippen LogP contribution in [0.25, 0.3) is 0 Å². The number of rotatable bonds is 6. The molecule has 0 fully saturated rings. The molecule has 1 heterocycles. The zero-order valence-corrected chi connectivity index (χ0v) is 14.0. The third-order valence-corrected chi connectivity index (χ3v) is 4.48. The molecule has 2 aromatic rings. The number of thiophene rings is 1. The molecule has 0 atom stereocenters. The molecule has 1 amide bonds. The Balaban J connectivity index is 1.74. The summed E-state index contributed by atoms with van der Waals surface area (Å²) in [5.74, 6) is -0.315. The van der Waals surface area contributed by atoms with Crippen LogP contribution in [0.2, 0.25) is 0 Å². The lowest BCUT2D eigenvalue weighted by molar-refractivity contribution is -0.122. The molecule has 0 saturated heterocycles. The van der Waals surface area contributed by atoms with E-state index >= 15 is 0 Å². The first-order chi connectivity index (χ1) is 10.0. The summed E-state index contributed by atoms with van der Waals surface area (Å²) >= 11 is 5.09. The molecule has 0 aliphatic heterocycles. The summed E-state index contributed by atoms with van der Waals surface area (Å²) in [6.45, 7) is 1.48. The van der Waals surface area contributed by atoms with Crippen molar-refractivity contribution in [1.29, 1.82) is 0 Å². The van der Waals surface area contributed by atoms with Crippen LogP contribution in [0.3, 0.4) is 0 Å². The van der Waals surface area contributed by atoms with Crippen molar-refractivity contribution >= 4 is 33.2 Å². The summed E-state index contributed by atoms with van der Waals surface area (Å²) in [5, 5.41) is 2.83. The van der Waals surface area contributed by atoms with Crippen LogP contribution in [-0.4, -0.2) is 24.4 Å². The minimum absolute atomic E-state index is 0.0440. The van der Waals surface area contributed by atoms with Gasteiger partial charge in [0.25, 0.3) is 0 Å². The van der Waals surface area contributed by atoms with Gasteiger partial charge >= 0.3 is 0 Å². The van der Waals surface area contributed by atoms with Gasteiger partial charge in [-0.1, -0.05) is 12.1 Å². The van der Waals surface area contributed by atoms with E-state index in [1.165, 1.54) is 17.0 Å². The largest absolute Gasteiger partial charge is 0.351 e. The number of likely N-dealkylation sites (N-methyl/N-ethyl adjacent to an activating group) is 1. The summed E-state index contributed by atoms with van der Waals surface area (Å²) in [7, 11) is 1.91. The maximum Gasteiger partial charge on any atom is 0.234 e. The molecule has 1 aromatic carbocycles. The van der Waals surface area contributed by atoms with E-state index in [1.54, 1.807) is 23.5 Å². The van der Waals surface area contributed by atoms with Gasteiger partial charge < -0.3 is 5.32 Å². The molecule has 0 spiro atoms. The standard InChI is InChI=1S/C15H16BrFN2OS/c1-19(9-13-6-7-14(16)21-13)10-15(20)18-8-11-2-4-12(17)5-3-11/h2-7H,8-10H2,1H3,(H,18,20). The van der Waals surface area contributed by atoms with Crippen molar-refractivity contribution in [3.05, 3.63) is 56.4 Å². The molecule has 0 bridgehead atoms. The van der Waals surface area contributed by atoms with E-state index in [-0.39, 0.29) is 11.7 Å². The van der Waals surface area contributed by atoms with E-state index in [4.69, 9.17) is 0 Å². The Labute approximate surface area is 135 Å². The molecular weight excluding hydrogens is 355 g/mol. The second kappa shape index (κ2) is 7.68. The molecule has 0 unspecified atom stereocenters. The predicted octanol–water partition coefficient (Wildman–Crippen LogP) is 3.40. The van der Waals surface area contributed by atoms with Gasteiger partial charge in [0.05, 0.1) is 10.3 Å². The van der Waals surface area contributed by atoms with Crippen LogP contribution in [-0.2, 0) is 17.9 Å². The quantitative estimate of drug-likeness (QED) is 0.844. The highest BCUT2D eigenvalue weighted by atomic mass is 79.9. The average molecular weight is 371 g/mol. The first kappa shape index (κ1) is 16.1. The Morgan fingerprint density at radius 3 is 2.62 bits per heavy atom. The Bertz CT molecular complexity index is 600. The molecule has 6 heteroatoms. The fourth-order valence-corrected chi connectivity index (χ4v) is 3.43. The number of amides is 1. The Hall–Kier alpha value is -1.24. The summed E-state index contributed by atoms with van der Waals surface area (Å²) in [6, 6.07) is 10.2. The van der Waals surface area contributed by atoms with Crippen LogP contribution in [0.15, 0.2) is 40.2 Å². The summed E-state index contributed by atoms with van der Waals surface area (Å²) in [6.07, 6.45) is 0. The maximum atomic E-state index is 12.8. The van der Waals surface area contributed by atoms with Crippen molar-refractivity contribution in [2.45, 2.75) is 13.1 Å². The normalized spacial score (nSPS) is 10.9. The number of hydrogen-bond donors (Lipinski definition) is 1. The van der Waals surface area contributed by atoms with Crippen molar-refractivity contribution < 1.29 is 9.18 Å². The van der Waals surface area contributed by atoms with Gasteiger partial charge in [-0.15, -0.1) is 11.3 Å². The molecule has 0 aliphatic rings. The highest BCUT2D eigenvalue weighted by Gasteiger charge is 2.08. The number of halogens is 2. The number of carbonyl (C=O) groups is 1. The molecule has 0 radical (unpaired) electrons. The highest BCUT2D eigenvalue weighted by Crippen LogP contribution is 2.22. The lowest BCUT2D eigenvalue weighted by atomic mass is 10.2. The van der Waals surface area contributed by atoms with Crippen molar-refractivity contribution in [3.63, 3.8) is 0 Å². The van der Waals surface area contributed by atoms with Gasteiger partial charge in [0.2, 0.25) is 5.91 Å². The van der Waals surface area contributed by atoms with E-state index < -0.39 is 0 Å². The second-order valence-electron chi connectivity index (χ2n) is 4.78. The van der Waals surface area contributed by atoms with E-state index in [1.807, 2.05) is 24.1 Å². The highest BCUT2D eigenvalue weighted by molar-refractivity contribution is 9.11. The van der Waals surface area contributed by atoms with Crippen molar-refractivity contribution in [2.75, 3.05) is 13.6 Å². The third-order valence-electron chi connectivity index (χ3n) is 2.87. The SMILES string of the molecule is CN(CC(=O)NCc1ccc(F)cc1)Cc1ccc(Br)s1. The van der Waals surface area contributed by atoms with Crippen LogP contribution in [0.4, 0.5) is 4.39 Å². The molecule has 1 aromatic heterocycles. The lowest BCUT2D eigenvalue weighted by Gasteiger charge is -2.15. The predicted molar refractivity (Wildman–Crippen MR) is 86.6 cm³/mol. The fourth-order valence-electron chi connectivity index (χ4n) is 1.86. The second-order valence-corrected chi connectivity index (χ2v) is 7.33. The molecule has 112 valence electrons. The van der Waals surface area contributed by atoms with E-state index in [2.05, 4.69) is 21.2 Å². The van der Waals surface area contributed by atoms with Gasteiger partial charge in [-0.05, 0) is 52.8 Å². The van der Waals surface area contributed by atoms with E-state index in [9.17, 15) is 9.18 Å². The molecule has 0 aliphatic carbocycles. The molecule has 3 nitrogen and oxygen atoms in total. The lowest BCUT2D eigenvalue weighted by Crippen LogP contribution is -2.34. The molecular formula is C15H16BrFN2OS. The zero-order chi connectivity index (χ0) is 15.2. The van der Waals surface area contributed by atoms with Gasteiger partial charge in [-0.25, -0.2) is 4.39 Å². The Kier molecular flexibility index (Phi) is 5.90. The van der Waals surface area contributed by atoms with Gasteiger partial charge in [-0.3, -0.25) is 9.69 Å². The molecule has 1 N–H and O–H groups in total. The van der Waals surface area contributed by atoms with Gasteiger partial charge in [0.15, 0.2) is 0 Å². The topological polar surface area (TPSA) is 32.3 Å². The van der Waals surface area contributed by atoms with Crippen molar-refractivity contribution in [1.82, 2.24) is 10.2 Å². The third kappa shape index (κ3) is 5.57. The number of nitrogens with zero attached hydrogens (tertiary/aromatic N) is 1. The molecule has 2 rings (SSSR count). The van der Waals surface area contributed by atoms with E-state index in [0.717, 1.165) is 15.9 Å². The summed E-state index contributed by atoms with van der Waals surface area (Å²) < 4.78 is 13.9. The minimum Gasteiger partial charge on any atom is -0.351 e. The van der Waals surface area contributed by atoms with Crippen LogP contribution in [0.5, 0.6) is 0 Å². The van der Waals surface area contributed by atoms with E-state index in [0.29, 0.717) is 13.1 Å². The average Bonchev–Trinajstić information content (AvgIpc) is 2.83. The monoisotopic (exact) mass is 370 g/mol. The molecule has 0 saturated carbocycles. The molecule has 21 heavy (non-hydrogen) atoms. The van der Waals surface area contributed by atoms with Crippen LogP contribution < -0.4 is 5.32 Å². The minimum atomic E-state index is -0.271. The fraction of sp³-hybridized carbons (Fsp3) is 0.267. The smallest absolute Gasteiger partial charge is 0.234 e. The summed E-state index contributed by atoms with van der Waals surface area (Å²) in [5.41, 5.74) is 0.884. The maximum absolute atomic E-state index is 12.8. The van der Waals surface area contributed by atoms with Crippen LogP contribution >= 0.6 is 27.3 Å². The van der Waals surface area contributed by atoms with Gasteiger partial charge in [0.1, 0.15) is 5.82 Å². The Morgan fingerprint density at radius 2 is 2.00 bits per heavy atom. The number of nitrogens with one attached hydrogen (secondary N) is 1. The first-order valence-corrected chi connectivity index (χ1v) is 8.08. The van der Waals surface area contributed by atoms with Gasteiger partial charge in [-0.2, -0.15) is 0 Å². The number of carbonyl (C=O) groups excluding carboxylic acids is 1. The van der Waals surface area contributed by atoms with Crippen LogP contribution in [0, 0.1) is 5.82 Å². The Morgan fingerprint density at radius 1 is 1.29 bits per heavy atom. The van der Waals surface area contributed by atoms with Crippen molar-refractivity contribution in [2.24, 2.45) is 0 Å². The summed E-state index contributed by atoms with van der Waals surface area (Å²) in [4.78, 5) is 15.0. The first-order valence-electron chi connectivity index (χ1n) is 6.47. The zero-order valence-electron chi connectivity index (χ0n) is 11.6.